The molecule has 0 saturated carbocycles. The van der Waals surface area contributed by atoms with Gasteiger partial charge in [0.15, 0.2) is 5.82 Å². The van der Waals surface area contributed by atoms with Crippen molar-refractivity contribution >= 4 is 11.9 Å². The number of para-hydroxylation sites is 1. The van der Waals surface area contributed by atoms with Gasteiger partial charge in [-0.15, -0.1) is 0 Å². The van der Waals surface area contributed by atoms with Crippen molar-refractivity contribution in [3.05, 3.63) is 66.1 Å². The average molecular weight is 552 g/mol. The fraction of sp³-hybridized carbons (Fsp3) is 0.385. The van der Waals surface area contributed by atoms with Crippen LogP contribution in [0, 0.1) is 0 Å². The van der Waals surface area contributed by atoms with Gasteiger partial charge in [0, 0.05) is 31.4 Å². The van der Waals surface area contributed by atoms with Crippen LogP contribution in [0.3, 0.4) is 0 Å². The number of amides is 1. The summed E-state index contributed by atoms with van der Waals surface area (Å²) in [5, 5.41) is 11.9. The summed E-state index contributed by atoms with van der Waals surface area (Å²) in [6.07, 6.45) is -2.43. The minimum atomic E-state index is -4.69. The van der Waals surface area contributed by atoms with Crippen molar-refractivity contribution in [2.45, 2.75) is 43.8 Å². The molecule has 0 spiro atoms. The van der Waals surface area contributed by atoms with E-state index in [0.717, 1.165) is 16.8 Å². The first-order valence-corrected chi connectivity index (χ1v) is 12.2. The van der Waals surface area contributed by atoms with Gasteiger partial charge in [0.1, 0.15) is 11.4 Å². The number of imidazole rings is 1. The average Bonchev–Trinajstić information content (AvgIpc) is 3.32. The molecule has 3 heterocycles. The molecule has 0 aliphatic carbocycles. The number of carbonyl (C=O) groups is 2. The minimum Gasteiger partial charge on any atom is -0.481 e. The highest BCUT2D eigenvalue weighted by Crippen LogP contribution is 2.35. The zero-order valence-corrected chi connectivity index (χ0v) is 20.7. The first-order valence-electron chi connectivity index (χ1n) is 12.2. The Labute approximate surface area is 220 Å². The van der Waals surface area contributed by atoms with E-state index in [4.69, 9.17) is 0 Å². The lowest BCUT2D eigenvalue weighted by Gasteiger charge is -2.33. The van der Waals surface area contributed by atoms with E-state index in [2.05, 4.69) is 15.3 Å². The van der Waals surface area contributed by atoms with Crippen molar-refractivity contribution in [2.24, 2.45) is 0 Å². The Morgan fingerprint density at radius 2 is 1.87 bits per heavy atom. The fourth-order valence-corrected chi connectivity index (χ4v) is 4.54. The molecule has 1 aliphatic rings. The summed E-state index contributed by atoms with van der Waals surface area (Å²) in [7, 11) is 0. The van der Waals surface area contributed by atoms with Gasteiger partial charge in [-0.3, -0.25) is 24.0 Å². The third-order valence-electron chi connectivity index (χ3n) is 6.32. The number of alkyl halides is 5. The minimum absolute atomic E-state index is 0.0252. The molecule has 4 rings (SSSR count). The number of aromatic nitrogens is 3. The highest BCUT2D eigenvalue weighted by atomic mass is 19.4. The van der Waals surface area contributed by atoms with Crippen LogP contribution in [0.2, 0.25) is 0 Å². The molecule has 1 aliphatic heterocycles. The van der Waals surface area contributed by atoms with Crippen LogP contribution in [0.5, 0.6) is 0 Å². The van der Waals surface area contributed by atoms with E-state index in [-0.39, 0.29) is 42.3 Å². The number of pyridine rings is 1. The van der Waals surface area contributed by atoms with Crippen molar-refractivity contribution in [3.8, 4) is 17.2 Å². The van der Waals surface area contributed by atoms with Crippen LogP contribution in [0.4, 0.5) is 22.0 Å². The lowest BCUT2D eigenvalue weighted by atomic mass is 10.1. The number of carbonyl (C=O) groups excluding carboxylic acids is 1. The van der Waals surface area contributed by atoms with Crippen molar-refractivity contribution in [1.82, 2.24) is 24.8 Å². The van der Waals surface area contributed by atoms with Crippen LogP contribution >= 0.6 is 0 Å². The molecular weight excluding hydrogens is 525 g/mol. The summed E-state index contributed by atoms with van der Waals surface area (Å²) in [5.41, 5.74) is -1.27. The molecule has 2 aromatic heterocycles. The molecule has 1 aromatic carbocycles. The largest absolute Gasteiger partial charge is 0.481 e. The van der Waals surface area contributed by atoms with E-state index in [1.807, 2.05) is 0 Å². The molecule has 1 fully saturated rings. The number of halogens is 5. The van der Waals surface area contributed by atoms with Crippen LogP contribution in [0.1, 0.15) is 41.7 Å². The highest BCUT2D eigenvalue weighted by Gasteiger charge is 2.36. The summed E-state index contributed by atoms with van der Waals surface area (Å²) in [6.45, 7) is 0.122. The molecule has 2 N–H and O–H groups in total. The van der Waals surface area contributed by atoms with E-state index in [1.165, 1.54) is 35.4 Å². The Kier molecular flexibility index (Phi) is 8.28. The number of carboxylic acid groups (broad SMARTS) is 1. The number of carboxylic acids is 1. The molecule has 0 radical (unpaired) electrons. The highest BCUT2D eigenvalue weighted by molar-refractivity contribution is 5.93. The topological polar surface area (TPSA) is 100 Å². The SMILES string of the molecule is O=C(O)C[C@H](CCN1CCCC(F)(F)C1)NC(=O)c1cn(-c2ccccc2C(F)(F)F)c(-c2ccccn2)n1. The molecule has 0 unspecified atom stereocenters. The van der Waals surface area contributed by atoms with Crippen LogP contribution < -0.4 is 5.32 Å². The van der Waals surface area contributed by atoms with E-state index in [9.17, 15) is 36.6 Å². The number of hydrogen-bond donors (Lipinski definition) is 2. The van der Waals surface area contributed by atoms with Crippen LogP contribution in [-0.4, -0.2) is 68.0 Å². The van der Waals surface area contributed by atoms with Crippen molar-refractivity contribution in [1.29, 1.82) is 0 Å². The number of benzene rings is 1. The zero-order valence-electron chi connectivity index (χ0n) is 20.7. The van der Waals surface area contributed by atoms with E-state index in [1.54, 1.807) is 12.1 Å². The number of likely N-dealkylation sites (tertiary alicyclic amines) is 1. The normalized spacial score (nSPS) is 16.5. The first kappa shape index (κ1) is 28.1. The van der Waals surface area contributed by atoms with E-state index in [0.29, 0.717) is 13.0 Å². The van der Waals surface area contributed by atoms with Crippen molar-refractivity contribution in [3.63, 3.8) is 0 Å². The van der Waals surface area contributed by atoms with E-state index >= 15 is 0 Å². The van der Waals surface area contributed by atoms with Gasteiger partial charge in [-0.1, -0.05) is 18.2 Å². The second-order valence-electron chi connectivity index (χ2n) is 9.34. The van der Waals surface area contributed by atoms with Gasteiger partial charge < -0.3 is 10.4 Å². The maximum absolute atomic E-state index is 13.8. The summed E-state index contributed by atoms with van der Waals surface area (Å²) in [6, 6.07) is 8.64. The van der Waals surface area contributed by atoms with Crippen LogP contribution in [0.15, 0.2) is 54.9 Å². The smallest absolute Gasteiger partial charge is 0.418 e. The van der Waals surface area contributed by atoms with Gasteiger partial charge in [0.05, 0.1) is 24.2 Å². The summed E-state index contributed by atoms with van der Waals surface area (Å²) >= 11 is 0. The Morgan fingerprint density at radius 3 is 2.54 bits per heavy atom. The number of nitrogens with one attached hydrogen (secondary N) is 1. The summed E-state index contributed by atoms with van der Waals surface area (Å²) in [5.74, 6) is -4.87. The van der Waals surface area contributed by atoms with Gasteiger partial charge in [0.2, 0.25) is 0 Å². The number of piperidine rings is 1. The van der Waals surface area contributed by atoms with Gasteiger partial charge in [-0.05, 0) is 43.7 Å². The predicted molar refractivity (Wildman–Crippen MR) is 131 cm³/mol. The quantitative estimate of drug-likeness (QED) is 0.376. The molecule has 3 aromatic rings. The lowest BCUT2D eigenvalue weighted by molar-refractivity contribution is -0.138. The summed E-state index contributed by atoms with van der Waals surface area (Å²) in [4.78, 5) is 34.5. The first-order chi connectivity index (χ1) is 18.4. The van der Waals surface area contributed by atoms with Crippen molar-refractivity contribution in [2.75, 3.05) is 19.6 Å². The van der Waals surface area contributed by atoms with Gasteiger partial charge >= 0.3 is 12.1 Å². The Hall–Kier alpha value is -3.87. The fourth-order valence-electron chi connectivity index (χ4n) is 4.54. The maximum atomic E-state index is 13.8. The monoisotopic (exact) mass is 551 g/mol. The van der Waals surface area contributed by atoms with Crippen LogP contribution in [0.25, 0.3) is 17.2 Å². The molecular formula is C26H26F5N5O3. The van der Waals surface area contributed by atoms with Gasteiger partial charge in [0.25, 0.3) is 11.8 Å². The molecule has 39 heavy (non-hydrogen) atoms. The second kappa shape index (κ2) is 11.5. The Bertz CT molecular complexity index is 1310. The van der Waals surface area contributed by atoms with E-state index < -0.39 is 48.5 Å². The molecule has 208 valence electrons. The molecule has 13 heteroatoms. The van der Waals surface area contributed by atoms with Crippen molar-refractivity contribution < 1.29 is 36.6 Å². The molecule has 1 amide bonds. The second-order valence-corrected chi connectivity index (χ2v) is 9.34. The summed E-state index contributed by atoms with van der Waals surface area (Å²) < 4.78 is 69.9. The number of hydrogen-bond acceptors (Lipinski definition) is 5. The third kappa shape index (κ3) is 7.16. The predicted octanol–water partition coefficient (Wildman–Crippen LogP) is 4.65. The molecule has 1 atom stereocenters. The standard InChI is InChI=1S/C26H26F5N5O3/c27-25(28)10-5-12-35(16-25)13-9-17(14-22(37)38)33-24(39)20-15-36(23(34-20)19-7-3-4-11-32-19)21-8-2-1-6-18(21)26(29,30)31/h1-4,6-8,11,15,17H,5,9-10,12-14,16H2,(H,33,39)(H,37,38)/t17-/m0/s1. The Balaban J connectivity index is 1.62. The number of nitrogens with zero attached hydrogens (tertiary/aromatic N) is 4. The number of rotatable bonds is 9. The molecule has 0 bridgehead atoms. The third-order valence-corrected chi connectivity index (χ3v) is 6.32. The Morgan fingerprint density at radius 1 is 1.13 bits per heavy atom. The molecule has 8 nitrogen and oxygen atoms in total. The lowest BCUT2D eigenvalue weighted by Crippen LogP contribution is -2.45. The zero-order chi connectivity index (χ0) is 28.2. The number of aliphatic carboxylic acids is 1. The maximum Gasteiger partial charge on any atom is 0.418 e. The van der Waals surface area contributed by atoms with Crippen LogP contribution in [-0.2, 0) is 11.0 Å². The van der Waals surface area contributed by atoms with Gasteiger partial charge in [-0.25, -0.2) is 13.8 Å². The van der Waals surface area contributed by atoms with Gasteiger partial charge in [-0.2, -0.15) is 13.2 Å². The molecule has 1 saturated heterocycles.